The Bertz CT molecular complexity index is 292. The monoisotopic (exact) mass is 303 g/mol. The zero-order chi connectivity index (χ0) is 13.6. The highest BCUT2D eigenvalue weighted by Crippen LogP contribution is 2.19. The lowest BCUT2D eigenvalue weighted by molar-refractivity contribution is -0.870. The zero-order valence-electron chi connectivity index (χ0n) is 9.70. The van der Waals surface area contributed by atoms with E-state index in [1.165, 1.54) is 0 Å². The molecule has 10 heteroatoms. The van der Waals surface area contributed by atoms with Crippen LogP contribution in [-0.4, -0.2) is 68.8 Å². The summed E-state index contributed by atoms with van der Waals surface area (Å²) in [5, 5.41) is 3.73. The Hall–Kier alpha value is -0.0900. The molecule has 0 heterocycles. The molecule has 0 aromatic heterocycles. The minimum Gasteiger partial charge on any atom is -1.00 e. The maximum Gasteiger partial charge on any atom is 0.397 e. The van der Waals surface area contributed by atoms with Crippen molar-refractivity contribution in [3.63, 3.8) is 0 Å². The van der Waals surface area contributed by atoms with Crippen molar-refractivity contribution in [2.24, 2.45) is 0 Å². The fraction of sp³-hybridized carbons (Fsp3) is 1.00. The van der Waals surface area contributed by atoms with Gasteiger partial charge in [0.25, 0.3) is 0 Å². The van der Waals surface area contributed by atoms with Gasteiger partial charge >= 0.3 is 15.4 Å². The van der Waals surface area contributed by atoms with E-state index in [0.717, 1.165) is 11.0 Å². The van der Waals surface area contributed by atoms with Crippen LogP contribution in [-0.2, 0) is 10.1 Å². The first-order valence-corrected chi connectivity index (χ1v) is 5.63. The van der Waals surface area contributed by atoms with Crippen LogP contribution in [0.3, 0.4) is 0 Å². The van der Waals surface area contributed by atoms with Gasteiger partial charge in [-0.1, -0.05) is 0 Å². The van der Waals surface area contributed by atoms with E-state index in [1.54, 1.807) is 0 Å². The predicted octanol–water partition coefficient (Wildman–Crippen LogP) is -2.87. The molecule has 0 spiro atoms. The number of halogens is 4. The van der Waals surface area contributed by atoms with Gasteiger partial charge in [-0.2, -0.15) is 17.2 Å². The molecule has 0 fully saturated rings. The fourth-order valence-electron chi connectivity index (χ4n) is 0.369. The molecule has 0 unspecified atom stereocenters. The van der Waals surface area contributed by atoms with E-state index < -0.39 is 22.0 Å². The van der Waals surface area contributed by atoms with Gasteiger partial charge < -0.3 is 22.0 Å². The summed E-state index contributed by atoms with van der Waals surface area (Å²) < 4.78 is 61.1. The molecule has 0 amide bonds. The highest BCUT2D eigenvalue weighted by atomic mass is 35.5. The second kappa shape index (κ2) is 8.09. The van der Waals surface area contributed by atoms with E-state index in [9.17, 15) is 21.6 Å². The Balaban J connectivity index is -0.000000224. The van der Waals surface area contributed by atoms with Crippen molar-refractivity contribution < 1.29 is 48.1 Å². The molecule has 0 aliphatic rings. The van der Waals surface area contributed by atoms with Crippen molar-refractivity contribution in [3.05, 3.63) is 0 Å². The summed E-state index contributed by atoms with van der Waals surface area (Å²) in [6.45, 7) is -1.30. The molecule has 108 valence electrons. The smallest absolute Gasteiger partial charge is 0.397 e. The van der Waals surface area contributed by atoms with Gasteiger partial charge in [0.15, 0.2) is 6.67 Å². The maximum atomic E-state index is 11.4. The molecule has 17 heavy (non-hydrogen) atoms. The lowest BCUT2D eigenvalue weighted by atomic mass is 10.5. The molecule has 0 aliphatic carbocycles. The van der Waals surface area contributed by atoms with Crippen LogP contribution in [0.5, 0.6) is 0 Å². The number of hydrogen-bond acceptors (Lipinski definition) is 3. The van der Waals surface area contributed by atoms with Gasteiger partial charge in [0.1, 0.15) is 6.54 Å². The van der Waals surface area contributed by atoms with Crippen LogP contribution in [0.2, 0.25) is 0 Å². The summed E-state index contributed by atoms with van der Waals surface area (Å²) in [4.78, 5) is 0. The average Bonchev–Trinajstić information content (AvgIpc) is 2.01. The fourth-order valence-corrected chi connectivity index (χ4v) is 0.507. The van der Waals surface area contributed by atoms with Gasteiger partial charge in [0.2, 0.25) is 0 Å². The minimum atomic E-state index is -5.56. The Labute approximate surface area is 105 Å². The highest BCUT2D eigenvalue weighted by Gasteiger charge is 2.44. The molecule has 0 aliphatic heterocycles. The third kappa shape index (κ3) is 12.2. The van der Waals surface area contributed by atoms with Gasteiger partial charge in [0, 0.05) is 0 Å². The molecule has 2 N–H and O–H groups in total. The van der Waals surface area contributed by atoms with Gasteiger partial charge in [-0.15, -0.1) is 0 Å². The summed E-state index contributed by atoms with van der Waals surface area (Å²) in [5.41, 5.74) is 0. The minimum absolute atomic E-state index is 0. The van der Waals surface area contributed by atoms with Crippen LogP contribution in [0.25, 0.3) is 0 Å². The van der Waals surface area contributed by atoms with Crippen LogP contribution in [0.15, 0.2) is 0 Å². The van der Waals surface area contributed by atoms with Gasteiger partial charge in [-0.05, 0) is 0 Å². The van der Waals surface area contributed by atoms with E-state index in [0.29, 0.717) is 0 Å². The molecule has 0 aromatic carbocycles. The predicted molar refractivity (Wildman–Crippen MR) is 52.5 cm³/mol. The average molecular weight is 304 g/mol. The normalized spacial score (nSPS) is 12.2. The number of nitrogens with zero attached hydrogens (tertiary/aromatic N) is 1. The van der Waals surface area contributed by atoms with E-state index in [1.807, 2.05) is 0 Å². The Morgan fingerprint density at radius 2 is 1.59 bits per heavy atom. The first kappa shape index (κ1) is 22.1. The number of alkyl halides is 3. The summed E-state index contributed by atoms with van der Waals surface area (Å²) in [6, 6.07) is 0. The van der Waals surface area contributed by atoms with Gasteiger partial charge in [-0.3, -0.25) is 4.55 Å². The Morgan fingerprint density at radius 1 is 1.24 bits per heavy atom. The summed E-state index contributed by atoms with van der Waals surface area (Å²) in [7, 11) is 0.595. The molecular weight excluding hydrogens is 287 g/mol. The third-order valence-corrected chi connectivity index (χ3v) is 2.17. The number of quaternary nitrogens is 1. The molecule has 0 saturated heterocycles. The number of aliphatic hydroxyl groups excluding tert-OH is 1. The van der Waals surface area contributed by atoms with Crippen molar-refractivity contribution in [2.45, 2.75) is 5.25 Å². The van der Waals surface area contributed by atoms with E-state index in [2.05, 4.69) is 21.1 Å². The van der Waals surface area contributed by atoms with Crippen LogP contribution in [0.1, 0.15) is 0 Å². The molecule has 0 rings (SSSR count). The summed E-state index contributed by atoms with van der Waals surface area (Å²) >= 11 is 0. The van der Waals surface area contributed by atoms with Gasteiger partial charge in [-0.25, -0.2) is 4.39 Å². The van der Waals surface area contributed by atoms with Crippen LogP contribution in [0, 0.1) is 0 Å². The van der Waals surface area contributed by atoms with Crippen molar-refractivity contribution in [3.8, 4) is 0 Å². The van der Waals surface area contributed by atoms with E-state index in [4.69, 9.17) is 9.66 Å². The molecule has 0 aromatic rings. The van der Waals surface area contributed by atoms with Crippen molar-refractivity contribution >= 4 is 10.1 Å². The van der Waals surface area contributed by atoms with Crippen LogP contribution < -0.4 is 12.4 Å². The summed E-state index contributed by atoms with van der Waals surface area (Å²) in [6.07, 6.45) is 0. The molecule has 0 atom stereocenters. The molecule has 0 bridgehead atoms. The number of hydrogen-bond donors (Lipinski definition) is 2. The molecular formula is C7H17ClF3NO4S. The molecule has 5 nitrogen and oxygen atoms in total. The number of rotatable bonds is 4. The SMILES string of the molecule is C[N+](C)(C)CCO.O=S(=O)(O)C(F)(F)CF.[Cl-]. The maximum absolute atomic E-state index is 11.4. The Kier molecular flexibility index (Phi) is 10.5. The lowest BCUT2D eigenvalue weighted by Gasteiger charge is -2.21. The standard InChI is InChI=1S/C5H14NO.C2H3F3O3S.ClH/c1-6(2,3)4-5-7;3-1-2(4,5)9(6,7)8;/h7H,4-5H2,1-3H3;1H2,(H,6,7,8);1H/q+1;;/p-1. The molecule has 0 radical (unpaired) electrons. The molecule has 0 saturated carbocycles. The van der Waals surface area contributed by atoms with Gasteiger partial charge in [0.05, 0.1) is 27.7 Å². The van der Waals surface area contributed by atoms with Crippen molar-refractivity contribution in [2.75, 3.05) is 41.0 Å². The van der Waals surface area contributed by atoms with Crippen LogP contribution >= 0.6 is 0 Å². The largest absolute Gasteiger partial charge is 1.00 e. The third-order valence-electron chi connectivity index (χ3n) is 1.30. The summed E-state index contributed by atoms with van der Waals surface area (Å²) in [5.74, 6) is 0. The second-order valence-electron chi connectivity index (χ2n) is 3.98. The van der Waals surface area contributed by atoms with Crippen LogP contribution in [0.4, 0.5) is 13.2 Å². The Morgan fingerprint density at radius 3 is 1.59 bits per heavy atom. The first-order valence-electron chi connectivity index (χ1n) is 4.19. The quantitative estimate of drug-likeness (QED) is 0.432. The lowest BCUT2D eigenvalue weighted by Crippen LogP contribution is -3.00. The van der Waals surface area contributed by atoms with Crippen molar-refractivity contribution in [1.82, 2.24) is 0 Å². The number of aliphatic hydroxyl groups is 1. The van der Waals surface area contributed by atoms with E-state index in [-0.39, 0.29) is 19.0 Å². The zero-order valence-corrected chi connectivity index (χ0v) is 11.3. The first-order chi connectivity index (χ1) is 6.87. The van der Waals surface area contributed by atoms with Crippen molar-refractivity contribution in [1.29, 1.82) is 0 Å². The number of likely N-dealkylation sites (N-methyl/N-ethyl adjacent to an activating group) is 1. The topological polar surface area (TPSA) is 74.6 Å². The second-order valence-corrected chi connectivity index (χ2v) is 5.53. The van der Waals surface area contributed by atoms with E-state index >= 15 is 0 Å². The highest BCUT2D eigenvalue weighted by molar-refractivity contribution is 7.86.